The normalized spacial score (nSPS) is 20.5. The number of halogens is 1. The van der Waals surface area contributed by atoms with Gasteiger partial charge in [-0.15, -0.1) is 0 Å². The second kappa shape index (κ2) is 6.87. The minimum Gasteiger partial charge on any atom is -0.490 e. The van der Waals surface area contributed by atoms with Crippen LogP contribution in [0, 0.1) is 5.82 Å². The second-order valence-electron chi connectivity index (χ2n) is 5.20. The van der Waals surface area contributed by atoms with Crippen LogP contribution in [0.3, 0.4) is 0 Å². The van der Waals surface area contributed by atoms with E-state index in [1.54, 1.807) is 6.07 Å². The van der Waals surface area contributed by atoms with Gasteiger partial charge in [0, 0.05) is 18.2 Å². The quantitative estimate of drug-likeness (QED) is 0.890. The van der Waals surface area contributed by atoms with Crippen LogP contribution in [0.1, 0.15) is 31.2 Å². The first-order valence-electron chi connectivity index (χ1n) is 7.03. The Labute approximate surface area is 114 Å². The van der Waals surface area contributed by atoms with Gasteiger partial charge in [0.25, 0.3) is 0 Å². The molecule has 0 aliphatic carbocycles. The summed E-state index contributed by atoms with van der Waals surface area (Å²) in [6.07, 6.45) is 4.71. The molecule has 0 spiro atoms. The Kier molecular flexibility index (Phi) is 5.16. The molecule has 19 heavy (non-hydrogen) atoms. The number of para-hydroxylation sites is 1. The maximum atomic E-state index is 13.7. The van der Waals surface area contributed by atoms with Gasteiger partial charge in [-0.2, -0.15) is 0 Å². The van der Waals surface area contributed by atoms with Crippen molar-refractivity contribution >= 4 is 0 Å². The van der Waals surface area contributed by atoms with Gasteiger partial charge in [-0.05, 0) is 38.9 Å². The summed E-state index contributed by atoms with van der Waals surface area (Å²) >= 11 is 0. The van der Waals surface area contributed by atoms with Gasteiger partial charge < -0.3 is 15.4 Å². The molecule has 2 rings (SSSR count). The molecule has 4 heteroatoms. The molecule has 106 valence electrons. The van der Waals surface area contributed by atoms with Crippen LogP contribution in [0.4, 0.5) is 4.39 Å². The summed E-state index contributed by atoms with van der Waals surface area (Å²) in [5.41, 5.74) is 6.33. The third-order valence-corrected chi connectivity index (χ3v) is 3.89. The first-order valence-corrected chi connectivity index (χ1v) is 7.03. The van der Waals surface area contributed by atoms with Crippen LogP contribution in [-0.4, -0.2) is 31.1 Å². The van der Waals surface area contributed by atoms with E-state index in [0.717, 1.165) is 18.5 Å². The van der Waals surface area contributed by atoms with E-state index in [2.05, 4.69) is 11.9 Å². The Hall–Kier alpha value is -1.13. The van der Waals surface area contributed by atoms with Crippen LogP contribution in [0.5, 0.6) is 5.75 Å². The van der Waals surface area contributed by atoms with Crippen LogP contribution in [0.25, 0.3) is 0 Å². The van der Waals surface area contributed by atoms with Gasteiger partial charge >= 0.3 is 0 Å². The fourth-order valence-electron chi connectivity index (χ4n) is 2.68. The topological polar surface area (TPSA) is 38.5 Å². The van der Waals surface area contributed by atoms with E-state index < -0.39 is 0 Å². The molecule has 0 saturated carbocycles. The molecule has 2 N–H and O–H groups in total. The maximum Gasteiger partial charge on any atom is 0.165 e. The zero-order valence-corrected chi connectivity index (χ0v) is 11.6. The van der Waals surface area contributed by atoms with Crippen LogP contribution in [-0.2, 0) is 6.54 Å². The van der Waals surface area contributed by atoms with Crippen molar-refractivity contribution in [2.75, 3.05) is 20.2 Å². The predicted molar refractivity (Wildman–Crippen MR) is 74.7 cm³/mol. The number of rotatable bonds is 5. The first-order chi connectivity index (χ1) is 9.22. The number of nitrogens with two attached hydrogens (primary N) is 1. The minimum absolute atomic E-state index is 0.302. The molecule has 1 aromatic rings. The van der Waals surface area contributed by atoms with Crippen LogP contribution >= 0.6 is 0 Å². The fourth-order valence-corrected chi connectivity index (χ4v) is 2.68. The molecule has 1 aliphatic rings. The summed E-state index contributed by atoms with van der Waals surface area (Å²) in [7, 11) is 2.15. The van der Waals surface area contributed by atoms with E-state index in [1.807, 2.05) is 6.07 Å². The summed E-state index contributed by atoms with van der Waals surface area (Å²) < 4.78 is 19.3. The lowest BCUT2D eigenvalue weighted by molar-refractivity contribution is 0.151. The number of ether oxygens (including phenoxy) is 1. The lowest BCUT2D eigenvalue weighted by Gasteiger charge is -2.32. The summed E-state index contributed by atoms with van der Waals surface area (Å²) in [6.45, 7) is 2.00. The molecule has 0 amide bonds. The number of hydrogen-bond acceptors (Lipinski definition) is 3. The number of hydrogen-bond donors (Lipinski definition) is 1. The monoisotopic (exact) mass is 266 g/mol. The van der Waals surface area contributed by atoms with E-state index in [1.165, 1.54) is 25.3 Å². The van der Waals surface area contributed by atoms with E-state index in [0.29, 0.717) is 24.9 Å². The molecule has 0 radical (unpaired) electrons. The summed E-state index contributed by atoms with van der Waals surface area (Å²) in [5.74, 6) is 0.00316. The highest BCUT2D eigenvalue weighted by Crippen LogP contribution is 2.23. The third-order valence-electron chi connectivity index (χ3n) is 3.89. The van der Waals surface area contributed by atoms with Crippen molar-refractivity contribution in [1.82, 2.24) is 4.90 Å². The number of piperidine rings is 1. The number of benzene rings is 1. The lowest BCUT2D eigenvalue weighted by Crippen LogP contribution is -2.37. The fraction of sp³-hybridized carbons (Fsp3) is 0.600. The summed E-state index contributed by atoms with van der Waals surface area (Å²) in [4.78, 5) is 2.37. The smallest absolute Gasteiger partial charge is 0.165 e. The second-order valence-corrected chi connectivity index (χ2v) is 5.20. The molecule has 0 aromatic heterocycles. The summed E-state index contributed by atoms with van der Waals surface area (Å²) in [6, 6.07) is 5.45. The van der Waals surface area contributed by atoms with E-state index in [-0.39, 0.29) is 5.82 Å². The Bertz CT molecular complexity index is 411. The van der Waals surface area contributed by atoms with Crippen LogP contribution in [0.15, 0.2) is 18.2 Å². The Morgan fingerprint density at radius 3 is 3.00 bits per heavy atom. The van der Waals surface area contributed by atoms with E-state index in [9.17, 15) is 4.39 Å². The average Bonchev–Trinajstić information content (AvgIpc) is 2.42. The molecule has 1 heterocycles. The standard InChI is InChI=1S/C15H23FN2O/c1-18-9-3-2-6-13(18)8-10-19-15-12(11-17)5-4-7-14(15)16/h4-5,7,13H,2-3,6,8-11,17H2,1H3. The molecule has 1 fully saturated rings. The largest absolute Gasteiger partial charge is 0.490 e. The predicted octanol–water partition coefficient (Wildman–Crippen LogP) is 2.54. The van der Waals surface area contributed by atoms with Gasteiger partial charge in [-0.25, -0.2) is 4.39 Å². The van der Waals surface area contributed by atoms with Crippen molar-refractivity contribution in [3.63, 3.8) is 0 Å². The highest BCUT2D eigenvalue weighted by atomic mass is 19.1. The molecule has 1 unspecified atom stereocenters. The van der Waals surface area contributed by atoms with Crippen molar-refractivity contribution in [2.24, 2.45) is 5.73 Å². The van der Waals surface area contributed by atoms with Gasteiger partial charge in [-0.3, -0.25) is 0 Å². The van der Waals surface area contributed by atoms with Crippen LogP contribution in [0.2, 0.25) is 0 Å². The van der Waals surface area contributed by atoms with Gasteiger partial charge in [0.2, 0.25) is 0 Å². The van der Waals surface area contributed by atoms with Crippen molar-refractivity contribution in [3.8, 4) is 5.75 Å². The maximum absolute atomic E-state index is 13.7. The molecule has 1 aromatic carbocycles. The zero-order chi connectivity index (χ0) is 13.7. The van der Waals surface area contributed by atoms with Crippen molar-refractivity contribution in [3.05, 3.63) is 29.6 Å². The van der Waals surface area contributed by atoms with Gasteiger partial charge in [-0.1, -0.05) is 18.6 Å². The Balaban J connectivity index is 1.88. The number of likely N-dealkylation sites (tertiary alicyclic amines) is 1. The summed E-state index contributed by atoms with van der Waals surface area (Å²) in [5, 5.41) is 0. The highest BCUT2D eigenvalue weighted by Gasteiger charge is 2.19. The first kappa shape index (κ1) is 14.3. The molecule has 3 nitrogen and oxygen atoms in total. The third kappa shape index (κ3) is 3.67. The molecule has 0 bridgehead atoms. The van der Waals surface area contributed by atoms with Crippen molar-refractivity contribution in [1.29, 1.82) is 0 Å². The van der Waals surface area contributed by atoms with Crippen molar-refractivity contribution in [2.45, 2.75) is 38.3 Å². The Morgan fingerprint density at radius 2 is 2.26 bits per heavy atom. The van der Waals surface area contributed by atoms with Gasteiger partial charge in [0.05, 0.1) is 6.61 Å². The highest BCUT2D eigenvalue weighted by molar-refractivity contribution is 5.34. The van der Waals surface area contributed by atoms with E-state index >= 15 is 0 Å². The SMILES string of the molecule is CN1CCCCC1CCOc1c(F)cccc1CN. The molecular formula is C15H23FN2O. The average molecular weight is 266 g/mol. The molecule has 1 aliphatic heterocycles. The van der Waals surface area contributed by atoms with Gasteiger partial charge in [0.1, 0.15) is 0 Å². The van der Waals surface area contributed by atoms with Gasteiger partial charge in [0.15, 0.2) is 11.6 Å². The number of nitrogens with zero attached hydrogens (tertiary/aromatic N) is 1. The lowest BCUT2D eigenvalue weighted by atomic mass is 10.0. The zero-order valence-electron chi connectivity index (χ0n) is 11.6. The minimum atomic E-state index is -0.319. The van der Waals surface area contributed by atoms with Crippen molar-refractivity contribution < 1.29 is 9.13 Å². The molecule has 1 atom stereocenters. The van der Waals surface area contributed by atoms with Crippen LogP contribution < -0.4 is 10.5 Å². The Morgan fingerprint density at radius 1 is 1.42 bits per heavy atom. The van der Waals surface area contributed by atoms with E-state index in [4.69, 9.17) is 10.5 Å². The molecule has 1 saturated heterocycles. The molecular weight excluding hydrogens is 243 g/mol.